The minimum Gasteiger partial charge on any atom is -0.308 e. The predicted octanol–water partition coefficient (Wildman–Crippen LogP) is 10.2. The summed E-state index contributed by atoms with van der Waals surface area (Å²) in [6.07, 6.45) is 8.06. The number of aromatic nitrogens is 4. The molecule has 50 heavy (non-hydrogen) atoms. The van der Waals surface area contributed by atoms with Gasteiger partial charge in [-0.15, -0.1) is 0 Å². The van der Waals surface area contributed by atoms with E-state index < -0.39 is 0 Å². The number of rotatable bonds is 12. The second kappa shape index (κ2) is 15.0. The molecule has 0 aliphatic heterocycles. The summed E-state index contributed by atoms with van der Waals surface area (Å²) in [5.74, 6) is -0.236. The van der Waals surface area contributed by atoms with Gasteiger partial charge in [0.1, 0.15) is 5.52 Å². The summed E-state index contributed by atoms with van der Waals surface area (Å²) in [6.45, 7) is 5.39. The number of benzene rings is 3. The molecule has 7 rings (SSSR count). The molecule has 3 aromatic carbocycles. The molecule has 0 aliphatic rings. The van der Waals surface area contributed by atoms with E-state index >= 15 is 4.79 Å². The maximum Gasteiger partial charge on any atom is 0.277 e. The van der Waals surface area contributed by atoms with Crippen LogP contribution in [0.1, 0.15) is 75.6 Å². The van der Waals surface area contributed by atoms with Crippen molar-refractivity contribution in [2.45, 2.75) is 71.8 Å². The summed E-state index contributed by atoms with van der Waals surface area (Å²) in [6, 6.07) is 33.4. The molecular weight excluding hydrogens is 619 g/mol. The summed E-state index contributed by atoms with van der Waals surface area (Å²) in [5, 5.41) is 2.80. The molecule has 7 nitrogen and oxygen atoms in total. The first-order valence-corrected chi connectivity index (χ1v) is 18.1. The van der Waals surface area contributed by atoms with Crippen molar-refractivity contribution in [1.82, 2.24) is 19.5 Å². The molecule has 4 heterocycles. The molecule has 7 aromatic rings. The second-order valence-corrected chi connectivity index (χ2v) is 13.1. The van der Waals surface area contributed by atoms with Gasteiger partial charge in [-0.25, -0.2) is 15.0 Å². The van der Waals surface area contributed by atoms with Crippen molar-refractivity contribution in [2.75, 3.05) is 11.4 Å². The van der Waals surface area contributed by atoms with E-state index in [0.29, 0.717) is 24.1 Å². The Morgan fingerprint density at radius 3 is 1.90 bits per heavy atom. The molecule has 7 heteroatoms. The van der Waals surface area contributed by atoms with Gasteiger partial charge >= 0.3 is 0 Å². The van der Waals surface area contributed by atoms with E-state index in [1.165, 1.54) is 0 Å². The Morgan fingerprint density at radius 2 is 1.18 bits per heavy atom. The molecule has 0 radical (unpaired) electrons. The number of unbranched alkanes of at least 4 members (excludes halogenated alkanes) is 6. The lowest BCUT2D eigenvalue weighted by Crippen LogP contribution is -2.33. The lowest BCUT2D eigenvalue weighted by molar-refractivity contribution is 0.0987. The van der Waals surface area contributed by atoms with Crippen LogP contribution in [-0.4, -0.2) is 32.0 Å². The van der Waals surface area contributed by atoms with Gasteiger partial charge in [0, 0.05) is 34.9 Å². The van der Waals surface area contributed by atoms with Crippen molar-refractivity contribution in [3.05, 3.63) is 119 Å². The molecule has 4 aromatic heterocycles. The number of hydrogen-bond donors (Lipinski definition) is 0. The largest absolute Gasteiger partial charge is 0.308 e. The number of fused-ring (bicyclic) bond motifs is 7. The standard InChI is InChI=1S/C43H43N5O2/c1-3-5-7-14-28-47(32-16-10-9-11-17-32)42(49)34-24-27-37-36-26-23-31-21-20-30-22-25-35(44-39(30)40(31)45-36)33-18-12-13-19-38(33)48(29-15-8-6-4-2)43(50)41(34)46-37/h9-13,16-27H,3-8,14-15,28-29H2,1-2H3. The molecule has 1 amide bonds. The Hall–Kier alpha value is -5.43. The molecule has 0 fully saturated rings. The van der Waals surface area contributed by atoms with Crippen LogP contribution in [-0.2, 0) is 6.54 Å². The number of carbonyl (C=O) groups excluding carboxylic acids is 1. The van der Waals surface area contributed by atoms with Crippen LogP contribution >= 0.6 is 0 Å². The van der Waals surface area contributed by atoms with Gasteiger partial charge in [0.2, 0.25) is 0 Å². The van der Waals surface area contributed by atoms with Crippen LogP contribution in [0.4, 0.5) is 5.69 Å². The number of nitrogens with zero attached hydrogens (tertiary/aromatic N) is 5. The number of amides is 1. The summed E-state index contributed by atoms with van der Waals surface area (Å²) in [7, 11) is 0. The number of aryl methyl sites for hydroxylation is 1. The van der Waals surface area contributed by atoms with Crippen LogP contribution in [0.25, 0.3) is 54.8 Å². The van der Waals surface area contributed by atoms with Crippen LogP contribution in [0.15, 0.2) is 108 Å². The molecule has 0 unspecified atom stereocenters. The van der Waals surface area contributed by atoms with E-state index in [4.69, 9.17) is 15.0 Å². The predicted molar refractivity (Wildman–Crippen MR) is 207 cm³/mol. The Kier molecular flexibility index (Phi) is 9.92. The van der Waals surface area contributed by atoms with Crippen molar-refractivity contribution < 1.29 is 4.79 Å². The van der Waals surface area contributed by atoms with Crippen LogP contribution in [0, 0.1) is 0 Å². The van der Waals surface area contributed by atoms with Crippen molar-refractivity contribution in [3.63, 3.8) is 0 Å². The summed E-state index contributed by atoms with van der Waals surface area (Å²) >= 11 is 0. The highest BCUT2D eigenvalue weighted by Gasteiger charge is 2.22. The molecular formula is C43H43N5O2. The minimum absolute atomic E-state index is 0.131. The molecule has 0 saturated carbocycles. The molecule has 252 valence electrons. The highest BCUT2D eigenvalue weighted by molar-refractivity contribution is 6.11. The van der Waals surface area contributed by atoms with Crippen LogP contribution in [0.5, 0.6) is 0 Å². The van der Waals surface area contributed by atoms with Crippen LogP contribution in [0.2, 0.25) is 0 Å². The number of para-hydroxylation sites is 2. The average molecular weight is 662 g/mol. The lowest BCUT2D eigenvalue weighted by atomic mass is 10.1. The van der Waals surface area contributed by atoms with Gasteiger partial charge in [0.25, 0.3) is 11.5 Å². The topological polar surface area (TPSA) is 81.0 Å². The highest BCUT2D eigenvalue weighted by Crippen LogP contribution is 2.27. The normalized spacial score (nSPS) is 11.6. The van der Waals surface area contributed by atoms with Gasteiger partial charge < -0.3 is 9.47 Å². The number of anilines is 1. The fourth-order valence-corrected chi connectivity index (χ4v) is 6.88. The first kappa shape index (κ1) is 33.1. The summed E-state index contributed by atoms with van der Waals surface area (Å²) in [4.78, 5) is 46.9. The van der Waals surface area contributed by atoms with Crippen molar-refractivity contribution in [2.24, 2.45) is 0 Å². The number of carbonyl (C=O) groups is 1. The quantitative estimate of drug-likeness (QED) is 0.0962. The van der Waals surface area contributed by atoms with Gasteiger partial charge in [-0.3, -0.25) is 9.59 Å². The molecule has 0 N–H and O–H groups in total. The van der Waals surface area contributed by atoms with E-state index in [9.17, 15) is 4.79 Å². The molecule has 0 spiro atoms. The molecule has 0 saturated heterocycles. The third kappa shape index (κ3) is 6.60. The van der Waals surface area contributed by atoms with Crippen molar-refractivity contribution in [3.8, 4) is 0 Å². The smallest absolute Gasteiger partial charge is 0.277 e. The van der Waals surface area contributed by atoms with E-state index in [2.05, 4.69) is 32.0 Å². The molecule has 6 bridgehead atoms. The van der Waals surface area contributed by atoms with E-state index in [0.717, 1.165) is 95.3 Å². The van der Waals surface area contributed by atoms with E-state index in [1.807, 2.05) is 83.4 Å². The van der Waals surface area contributed by atoms with E-state index in [1.54, 1.807) is 11.0 Å². The zero-order valence-electron chi connectivity index (χ0n) is 28.9. The zero-order valence-corrected chi connectivity index (χ0v) is 28.9. The third-order valence-electron chi connectivity index (χ3n) is 9.61. The Bertz CT molecular complexity index is 2420. The average Bonchev–Trinajstić information content (AvgIpc) is 3.17. The summed E-state index contributed by atoms with van der Waals surface area (Å²) in [5.41, 5.74) is 5.14. The Morgan fingerprint density at radius 1 is 0.600 bits per heavy atom. The SMILES string of the molecule is CCCCCCN(C(=O)c1ccc2nc1c(=O)n(CCCCCC)c1ccccc1c1ccc3ccc4ccc2nc4c3n1)c1ccccc1. The van der Waals surface area contributed by atoms with Crippen LogP contribution < -0.4 is 10.5 Å². The maximum atomic E-state index is 15.1. The first-order chi connectivity index (χ1) is 24.6. The van der Waals surface area contributed by atoms with Gasteiger partial charge in [0.15, 0.2) is 0 Å². The highest BCUT2D eigenvalue weighted by atomic mass is 16.2. The Labute approximate surface area is 292 Å². The van der Waals surface area contributed by atoms with Gasteiger partial charge in [-0.05, 0) is 55.3 Å². The zero-order chi connectivity index (χ0) is 34.5. The minimum atomic E-state index is -0.308. The third-order valence-corrected chi connectivity index (χ3v) is 9.61. The monoisotopic (exact) mass is 661 g/mol. The number of pyridine rings is 3. The van der Waals surface area contributed by atoms with Crippen molar-refractivity contribution >= 4 is 66.4 Å². The fraction of sp³-hybridized carbons (Fsp3) is 0.279. The lowest BCUT2D eigenvalue weighted by Gasteiger charge is -2.23. The van der Waals surface area contributed by atoms with Gasteiger partial charge in [0.05, 0.1) is 38.7 Å². The summed E-state index contributed by atoms with van der Waals surface area (Å²) < 4.78 is 1.81. The maximum absolute atomic E-state index is 15.1. The number of hydrogen-bond acceptors (Lipinski definition) is 5. The van der Waals surface area contributed by atoms with Gasteiger partial charge in [-0.2, -0.15) is 0 Å². The second-order valence-electron chi connectivity index (χ2n) is 13.1. The first-order valence-electron chi connectivity index (χ1n) is 18.1. The van der Waals surface area contributed by atoms with E-state index in [-0.39, 0.29) is 22.5 Å². The fourth-order valence-electron chi connectivity index (χ4n) is 6.88. The Balaban J connectivity index is 1.57. The van der Waals surface area contributed by atoms with Crippen molar-refractivity contribution in [1.29, 1.82) is 0 Å². The molecule has 0 aliphatic carbocycles. The molecule has 0 atom stereocenters. The van der Waals surface area contributed by atoms with Gasteiger partial charge in [-0.1, -0.05) is 113 Å². The van der Waals surface area contributed by atoms with Crippen LogP contribution in [0.3, 0.4) is 0 Å².